The van der Waals surface area contributed by atoms with Gasteiger partial charge in [0, 0.05) is 0 Å². The first-order valence-corrected chi connectivity index (χ1v) is 11.3. The third-order valence-corrected chi connectivity index (χ3v) is 10.4. The Hall–Kier alpha value is 0. The van der Waals surface area contributed by atoms with Crippen molar-refractivity contribution >= 4 is 0 Å². The van der Waals surface area contributed by atoms with Gasteiger partial charge in [-0.1, -0.05) is 48.0 Å². The highest BCUT2D eigenvalue weighted by Crippen LogP contribution is 2.69. The molecule has 0 nitrogen and oxygen atoms in total. The molecular formula is C24H42. The molecule has 4 rings (SSSR count). The molecule has 0 saturated heterocycles. The number of hydrogen-bond donors (Lipinski definition) is 0. The Morgan fingerprint density at radius 1 is 0.833 bits per heavy atom. The topological polar surface area (TPSA) is 0 Å². The Kier molecular flexibility index (Phi) is 4.17. The Labute approximate surface area is 151 Å². The van der Waals surface area contributed by atoms with Crippen LogP contribution in [-0.4, -0.2) is 0 Å². The molecule has 0 spiro atoms. The molecule has 138 valence electrons. The molecule has 4 fully saturated rings. The minimum absolute atomic E-state index is 0.639. The summed E-state index contributed by atoms with van der Waals surface area (Å²) < 4.78 is 0. The second-order valence-electron chi connectivity index (χ2n) is 11.5. The highest BCUT2D eigenvalue weighted by molar-refractivity contribution is 5.11. The van der Waals surface area contributed by atoms with Crippen LogP contribution in [0.15, 0.2) is 0 Å². The zero-order chi connectivity index (χ0) is 17.3. The maximum absolute atomic E-state index is 2.73. The summed E-state index contributed by atoms with van der Waals surface area (Å²) in [4.78, 5) is 0. The molecule has 0 radical (unpaired) electrons. The van der Waals surface area contributed by atoms with Gasteiger partial charge in [-0.05, 0) is 103 Å². The highest BCUT2D eigenvalue weighted by Gasteiger charge is 2.62. The Morgan fingerprint density at radius 2 is 1.58 bits per heavy atom. The molecule has 24 heavy (non-hydrogen) atoms. The molecule has 0 N–H and O–H groups in total. The van der Waals surface area contributed by atoms with Crippen molar-refractivity contribution in [2.24, 2.45) is 58.2 Å². The number of hydrogen-bond acceptors (Lipinski definition) is 0. The summed E-state index contributed by atoms with van der Waals surface area (Å²) in [7, 11) is 0. The van der Waals surface area contributed by atoms with Crippen LogP contribution in [0.25, 0.3) is 0 Å². The summed E-state index contributed by atoms with van der Waals surface area (Å²) in [6.45, 7) is 15.6. The van der Waals surface area contributed by atoms with Crippen LogP contribution in [0.3, 0.4) is 0 Å². The van der Waals surface area contributed by atoms with Gasteiger partial charge in [-0.25, -0.2) is 0 Å². The van der Waals surface area contributed by atoms with Gasteiger partial charge in [-0.2, -0.15) is 0 Å². The average Bonchev–Trinajstić information content (AvgIpc) is 2.88. The maximum atomic E-state index is 2.73. The van der Waals surface area contributed by atoms with Crippen LogP contribution in [0.5, 0.6) is 0 Å². The monoisotopic (exact) mass is 330 g/mol. The molecule has 0 aromatic rings. The van der Waals surface area contributed by atoms with Crippen molar-refractivity contribution in [2.45, 2.75) is 92.9 Å². The fourth-order valence-electron chi connectivity index (χ4n) is 8.93. The first-order valence-electron chi connectivity index (χ1n) is 11.3. The van der Waals surface area contributed by atoms with E-state index >= 15 is 0 Å². The molecule has 0 heterocycles. The fourth-order valence-corrected chi connectivity index (χ4v) is 8.93. The van der Waals surface area contributed by atoms with E-state index in [2.05, 4.69) is 41.5 Å². The number of rotatable bonds is 1. The lowest BCUT2D eigenvalue weighted by molar-refractivity contribution is -0.142. The summed E-state index contributed by atoms with van der Waals surface area (Å²) in [6, 6.07) is 0. The van der Waals surface area contributed by atoms with Gasteiger partial charge in [0.05, 0.1) is 0 Å². The maximum Gasteiger partial charge on any atom is -0.0238 e. The first-order chi connectivity index (χ1) is 11.3. The van der Waals surface area contributed by atoms with Gasteiger partial charge in [0.2, 0.25) is 0 Å². The third-order valence-electron chi connectivity index (χ3n) is 10.4. The average molecular weight is 331 g/mol. The van der Waals surface area contributed by atoms with Crippen molar-refractivity contribution < 1.29 is 0 Å². The normalized spacial score (nSPS) is 57.4. The van der Waals surface area contributed by atoms with Crippen molar-refractivity contribution in [3.63, 3.8) is 0 Å². The van der Waals surface area contributed by atoms with E-state index in [0.717, 1.165) is 47.3 Å². The van der Waals surface area contributed by atoms with E-state index in [1.807, 2.05) is 0 Å². The molecule has 0 unspecified atom stereocenters. The van der Waals surface area contributed by atoms with Crippen LogP contribution in [0.1, 0.15) is 92.9 Å². The zero-order valence-electron chi connectivity index (χ0n) is 17.3. The molecule has 0 amide bonds. The molecule has 0 bridgehead atoms. The predicted octanol–water partition coefficient (Wildman–Crippen LogP) is 7.18. The van der Waals surface area contributed by atoms with Crippen LogP contribution in [0.2, 0.25) is 0 Å². The highest BCUT2D eigenvalue weighted by atomic mass is 14.7. The van der Waals surface area contributed by atoms with E-state index in [4.69, 9.17) is 0 Å². The van der Waals surface area contributed by atoms with Crippen LogP contribution < -0.4 is 0 Å². The van der Waals surface area contributed by atoms with E-state index < -0.39 is 0 Å². The lowest BCUT2D eigenvalue weighted by atomic mass is 9.42. The van der Waals surface area contributed by atoms with E-state index in [0.29, 0.717) is 10.8 Å². The van der Waals surface area contributed by atoms with E-state index in [1.165, 1.54) is 25.7 Å². The van der Waals surface area contributed by atoms with Crippen LogP contribution in [0, 0.1) is 58.2 Å². The standard InChI is InChI=1S/C24H42/c1-15(2)20-9-10-21-19-8-7-18-13-16(3)11-12-23(18,5)22(19)14-17(4)24(20,21)6/h15-22H,7-14H2,1-6H3/t16-,17+,18-,19+,20-,21+,22+,23+,24-/m1/s1. The SMILES string of the molecule is CC(C)[C@H]1CC[C@H]2[C@@H]3CC[C@@H]4C[C@H](C)CC[C@]4(C)[C@H]3C[C@H](C)[C@]12C. The van der Waals surface area contributed by atoms with Gasteiger partial charge >= 0.3 is 0 Å². The molecule has 4 aliphatic rings. The second-order valence-corrected chi connectivity index (χ2v) is 11.5. The van der Waals surface area contributed by atoms with Crippen molar-refractivity contribution in [1.82, 2.24) is 0 Å². The van der Waals surface area contributed by atoms with Crippen molar-refractivity contribution in [3.05, 3.63) is 0 Å². The molecule has 0 aromatic carbocycles. The summed E-state index contributed by atoms with van der Waals surface area (Å²) in [5.74, 6) is 7.97. The molecular weight excluding hydrogens is 288 g/mol. The smallest absolute Gasteiger partial charge is 0.0238 e. The van der Waals surface area contributed by atoms with Gasteiger partial charge in [-0.15, -0.1) is 0 Å². The second kappa shape index (κ2) is 5.75. The van der Waals surface area contributed by atoms with Gasteiger partial charge in [0.15, 0.2) is 0 Å². The van der Waals surface area contributed by atoms with Gasteiger partial charge in [0.1, 0.15) is 0 Å². The zero-order valence-corrected chi connectivity index (χ0v) is 17.3. The summed E-state index contributed by atoms with van der Waals surface area (Å²) in [5.41, 5.74) is 1.32. The molecule has 0 heteroatoms. The fraction of sp³-hybridized carbons (Fsp3) is 1.00. The van der Waals surface area contributed by atoms with Gasteiger partial charge in [0.25, 0.3) is 0 Å². The van der Waals surface area contributed by atoms with E-state index in [1.54, 1.807) is 25.7 Å². The molecule has 9 atom stereocenters. The lowest BCUT2D eigenvalue weighted by Gasteiger charge is -2.63. The largest absolute Gasteiger partial charge is 0.0625 e. The minimum atomic E-state index is 0.639. The van der Waals surface area contributed by atoms with Crippen LogP contribution >= 0.6 is 0 Å². The van der Waals surface area contributed by atoms with Crippen molar-refractivity contribution in [3.8, 4) is 0 Å². The Balaban J connectivity index is 1.65. The van der Waals surface area contributed by atoms with Gasteiger partial charge in [-0.3, -0.25) is 0 Å². The van der Waals surface area contributed by atoms with Crippen molar-refractivity contribution in [1.29, 1.82) is 0 Å². The van der Waals surface area contributed by atoms with E-state index in [9.17, 15) is 0 Å². The Morgan fingerprint density at radius 3 is 2.29 bits per heavy atom. The molecule has 4 aliphatic carbocycles. The molecule has 0 aliphatic heterocycles. The summed E-state index contributed by atoms with van der Waals surface area (Å²) in [6.07, 6.45) is 12.3. The summed E-state index contributed by atoms with van der Waals surface area (Å²) in [5, 5.41) is 0. The van der Waals surface area contributed by atoms with E-state index in [-0.39, 0.29) is 0 Å². The van der Waals surface area contributed by atoms with Crippen LogP contribution in [0.4, 0.5) is 0 Å². The van der Waals surface area contributed by atoms with Gasteiger partial charge < -0.3 is 0 Å². The number of fused-ring (bicyclic) bond motifs is 5. The third kappa shape index (κ3) is 2.23. The lowest BCUT2D eigenvalue weighted by Crippen LogP contribution is -2.56. The summed E-state index contributed by atoms with van der Waals surface area (Å²) >= 11 is 0. The molecule has 4 saturated carbocycles. The Bertz CT molecular complexity index is 478. The molecule has 0 aromatic heterocycles. The first kappa shape index (κ1) is 17.4. The van der Waals surface area contributed by atoms with Crippen LogP contribution in [-0.2, 0) is 0 Å². The quantitative estimate of drug-likeness (QED) is 0.477. The van der Waals surface area contributed by atoms with Crippen molar-refractivity contribution in [2.75, 3.05) is 0 Å². The predicted molar refractivity (Wildman–Crippen MR) is 104 cm³/mol. The minimum Gasteiger partial charge on any atom is -0.0625 e.